The quantitative estimate of drug-likeness (QED) is 0.464. The van der Waals surface area contributed by atoms with E-state index in [1.165, 1.54) is 12.1 Å². The summed E-state index contributed by atoms with van der Waals surface area (Å²) < 4.78 is 14.8. The third kappa shape index (κ3) is 6.66. The molecule has 0 spiro atoms. The lowest BCUT2D eigenvalue weighted by molar-refractivity contribution is 0.117. The highest BCUT2D eigenvalue weighted by Gasteiger charge is 2.28. The average Bonchev–Trinajstić information content (AvgIpc) is 3.32. The Morgan fingerprint density at radius 2 is 1.92 bits per heavy atom. The number of aromatic nitrogens is 4. The third-order valence-corrected chi connectivity index (χ3v) is 7.19. The third-order valence-electron chi connectivity index (χ3n) is 7.19. The van der Waals surface area contributed by atoms with E-state index in [-0.39, 0.29) is 11.8 Å². The number of nitrogens with one attached hydrogen (secondary N) is 2. The number of nitrogens with zero attached hydrogens (tertiary/aromatic N) is 5. The smallest absolute Gasteiger partial charge is 0.319 e. The molecule has 36 heavy (non-hydrogen) atoms. The Hall–Kier alpha value is -3.33. The molecule has 2 aromatic carbocycles. The SMILES string of the molecule is CCc1cc(NC(=O)NC[C@H]2CN(CCc3ccc(F)cc3)CC[C@@H]2CC)cc(-c2nnnn2C)c1. The predicted molar refractivity (Wildman–Crippen MR) is 139 cm³/mol. The Kier molecular flexibility index (Phi) is 8.64. The highest BCUT2D eigenvalue weighted by Crippen LogP contribution is 2.27. The van der Waals surface area contributed by atoms with E-state index >= 15 is 0 Å². The molecule has 1 saturated heterocycles. The number of carbonyl (C=O) groups excluding carboxylic acids is 1. The van der Waals surface area contributed by atoms with Crippen LogP contribution in [0.3, 0.4) is 0 Å². The van der Waals surface area contributed by atoms with E-state index in [1.54, 1.807) is 11.7 Å². The number of piperidine rings is 1. The molecule has 0 bridgehead atoms. The van der Waals surface area contributed by atoms with E-state index in [0.717, 1.165) is 67.7 Å². The molecule has 0 radical (unpaired) electrons. The van der Waals surface area contributed by atoms with Gasteiger partial charge in [0.05, 0.1) is 0 Å². The Balaban J connectivity index is 1.33. The van der Waals surface area contributed by atoms with Crippen LogP contribution in [-0.4, -0.2) is 57.3 Å². The van der Waals surface area contributed by atoms with Gasteiger partial charge in [-0.05, 0) is 89.5 Å². The molecule has 1 aromatic heterocycles. The highest BCUT2D eigenvalue weighted by molar-refractivity contribution is 5.90. The lowest BCUT2D eigenvalue weighted by Gasteiger charge is -2.38. The number of aryl methyl sites for hydroxylation is 2. The summed E-state index contributed by atoms with van der Waals surface area (Å²) in [4.78, 5) is 15.3. The first kappa shape index (κ1) is 25.8. The first-order chi connectivity index (χ1) is 17.4. The molecule has 0 aliphatic carbocycles. The minimum Gasteiger partial charge on any atom is -0.338 e. The molecule has 2 atom stereocenters. The van der Waals surface area contributed by atoms with E-state index in [1.807, 2.05) is 30.3 Å². The molecule has 2 N–H and O–H groups in total. The number of likely N-dealkylation sites (tertiary alicyclic amines) is 1. The van der Waals surface area contributed by atoms with Gasteiger partial charge in [0.25, 0.3) is 0 Å². The molecule has 3 aromatic rings. The van der Waals surface area contributed by atoms with E-state index < -0.39 is 0 Å². The van der Waals surface area contributed by atoms with Crippen molar-refractivity contribution in [1.29, 1.82) is 0 Å². The van der Waals surface area contributed by atoms with Crippen LogP contribution in [0.25, 0.3) is 11.4 Å². The molecule has 4 rings (SSSR count). The van der Waals surface area contributed by atoms with E-state index in [4.69, 9.17) is 0 Å². The van der Waals surface area contributed by atoms with Crippen molar-refractivity contribution in [2.75, 3.05) is 31.5 Å². The largest absolute Gasteiger partial charge is 0.338 e. The summed E-state index contributed by atoms with van der Waals surface area (Å²) in [6.07, 6.45) is 3.97. The lowest BCUT2D eigenvalue weighted by atomic mass is 9.83. The van der Waals surface area contributed by atoms with Crippen molar-refractivity contribution in [3.05, 3.63) is 59.4 Å². The fourth-order valence-electron chi connectivity index (χ4n) is 5.04. The van der Waals surface area contributed by atoms with Gasteiger partial charge in [0.1, 0.15) is 5.82 Å². The molecular formula is C27H36FN7O. The zero-order valence-electron chi connectivity index (χ0n) is 21.4. The van der Waals surface area contributed by atoms with Gasteiger partial charge < -0.3 is 15.5 Å². The number of tetrazole rings is 1. The molecule has 1 aliphatic heterocycles. The highest BCUT2D eigenvalue weighted by atomic mass is 19.1. The molecule has 192 valence electrons. The standard InChI is InChI=1S/C27H36FN7O/c1-4-19-14-22(26-31-32-33-34(26)3)16-25(15-19)30-27(36)29-17-23-18-35(13-11-21(23)5-2)12-10-20-6-8-24(28)9-7-20/h6-9,14-16,21,23H,4-5,10-13,17-18H2,1-3H3,(H2,29,30,36)/t21-,23-/m0/s1. The van der Waals surface area contributed by atoms with Crippen LogP contribution in [0.1, 0.15) is 37.8 Å². The molecule has 8 nitrogen and oxygen atoms in total. The molecule has 2 amide bonds. The molecule has 1 aliphatic rings. The zero-order chi connectivity index (χ0) is 25.5. The first-order valence-corrected chi connectivity index (χ1v) is 12.8. The zero-order valence-corrected chi connectivity index (χ0v) is 21.4. The molecule has 0 unspecified atom stereocenters. The number of benzene rings is 2. The summed E-state index contributed by atoms with van der Waals surface area (Å²) >= 11 is 0. The molecule has 1 fully saturated rings. The average molecular weight is 494 g/mol. The Labute approximate surface area is 212 Å². The van der Waals surface area contributed by atoms with Gasteiger partial charge in [-0.3, -0.25) is 0 Å². The minimum atomic E-state index is -0.205. The monoisotopic (exact) mass is 493 g/mol. The van der Waals surface area contributed by atoms with Crippen LogP contribution in [0.4, 0.5) is 14.9 Å². The number of rotatable bonds is 9. The Bertz CT molecular complexity index is 1150. The normalized spacial score (nSPS) is 18.2. The molecule has 9 heteroatoms. The number of hydrogen-bond acceptors (Lipinski definition) is 5. The molecule has 0 saturated carbocycles. The number of urea groups is 1. The van der Waals surface area contributed by atoms with E-state index in [9.17, 15) is 9.18 Å². The van der Waals surface area contributed by atoms with Crippen molar-refractivity contribution in [2.45, 2.75) is 39.5 Å². The number of halogens is 1. The maximum Gasteiger partial charge on any atom is 0.319 e. The van der Waals surface area contributed by atoms with Gasteiger partial charge in [0, 0.05) is 37.9 Å². The molecule has 2 heterocycles. The van der Waals surface area contributed by atoms with Crippen LogP contribution in [0.2, 0.25) is 0 Å². The van der Waals surface area contributed by atoms with Crippen LogP contribution < -0.4 is 10.6 Å². The van der Waals surface area contributed by atoms with Crippen LogP contribution in [-0.2, 0) is 19.9 Å². The maximum absolute atomic E-state index is 13.2. The van der Waals surface area contributed by atoms with Gasteiger partial charge in [-0.25, -0.2) is 13.9 Å². The fraction of sp³-hybridized carbons (Fsp3) is 0.481. The van der Waals surface area contributed by atoms with Gasteiger partial charge in [-0.2, -0.15) is 0 Å². The second kappa shape index (κ2) is 12.1. The summed E-state index contributed by atoms with van der Waals surface area (Å²) in [7, 11) is 1.80. The number of hydrogen-bond donors (Lipinski definition) is 2. The van der Waals surface area contributed by atoms with Crippen molar-refractivity contribution in [1.82, 2.24) is 30.4 Å². The summed E-state index contributed by atoms with van der Waals surface area (Å²) in [5, 5.41) is 17.8. The summed E-state index contributed by atoms with van der Waals surface area (Å²) in [6, 6.07) is 12.5. The van der Waals surface area contributed by atoms with Crippen molar-refractivity contribution in [2.24, 2.45) is 18.9 Å². The van der Waals surface area contributed by atoms with Crippen molar-refractivity contribution < 1.29 is 9.18 Å². The van der Waals surface area contributed by atoms with Crippen molar-refractivity contribution in [3.63, 3.8) is 0 Å². The maximum atomic E-state index is 13.2. The van der Waals surface area contributed by atoms with Crippen LogP contribution in [0.5, 0.6) is 0 Å². The number of carbonyl (C=O) groups is 1. The molecular weight excluding hydrogens is 457 g/mol. The lowest BCUT2D eigenvalue weighted by Crippen LogP contribution is -2.46. The Morgan fingerprint density at radius 1 is 1.11 bits per heavy atom. The van der Waals surface area contributed by atoms with Gasteiger partial charge in [0.2, 0.25) is 0 Å². The predicted octanol–water partition coefficient (Wildman–Crippen LogP) is 4.29. The van der Waals surface area contributed by atoms with Gasteiger partial charge in [0.15, 0.2) is 5.82 Å². The van der Waals surface area contributed by atoms with Gasteiger partial charge in [-0.15, -0.1) is 5.10 Å². The van der Waals surface area contributed by atoms with Crippen molar-refractivity contribution >= 4 is 11.7 Å². The van der Waals surface area contributed by atoms with Crippen LogP contribution >= 0.6 is 0 Å². The Morgan fingerprint density at radius 3 is 2.61 bits per heavy atom. The topological polar surface area (TPSA) is 88.0 Å². The number of amides is 2. The second-order valence-electron chi connectivity index (χ2n) is 9.63. The summed E-state index contributed by atoms with van der Waals surface area (Å²) in [5.74, 6) is 1.44. The van der Waals surface area contributed by atoms with Crippen LogP contribution in [0, 0.1) is 17.7 Å². The van der Waals surface area contributed by atoms with Crippen LogP contribution in [0.15, 0.2) is 42.5 Å². The fourth-order valence-corrected chi connectivity index (χ4v) is 5.04. The number of anilines is 1. The summed E-state index contributed by atoms with van der Waals surface area (Å²) in [5.41, 5.74) is 3.84. The van der Waals surface area contributed by atoms with Crippen molar-refractivity contribution in [3.8, 4) is 11.4 Å². The van der Waals surface area contributed by atoms with E-state index in [0.29, 0.717) is 24.2 Å². The first-order valence-electron chi connectivity index (χ1n) is 12.8. The van der Waals surface area contributed by atoms with Gasteiger partial charge >= 0.3 is 6.03 Å². The van der Waals surface area contributed by atoms with Gasteiger partial charge in [-0.1, -0.05) is 32.4 Å². The summed E-state index contributed by atoms with van der Waals surface area (Å²) in [6.45, 7) is 7.89. The minimum absolute atomic E-state index is 0.199. The van der Waals surface area contributed by atoms with E-state index in [2.05, 4.69) is 44.9 Å². The second-order valence-corrected chi connectivity index (χ2v) is 9.63.